The van der Waals surface area contributed by atoms with E-state index in [1.54, 1.807) is 49.9 Å². The van der Waals surface area contributed by atoms with E-state index in [2.05, 4.69) is 15.5 Å². The summed E-state index contributed by atoms with van der Waals surface area (Å²) in [5.41, 5.74) is 3.05. The molecule has 0 atom stereocenters. The maximum atomic E-state index is 12.5. The average Bonchev–Trinajstić information content (AvgIpc) is 2.92. The third-order valence-electron chi connectivity index (χ3n) is 3.98. The monoisotopic (exact) mass is 342 g/mol. The van der Waals surface area contributed by atoms with E-state index >= 15 is 0 Å². The van der Waals surface area contributed by atoms with E-state index in [0.29, 0.717) is 17.0 Å². The highest BCUT2D eigenvalue weighted by Crippen LogP contribution is 2.15. The maximum absolute atomic E-state index is 12.5. The zero-order valence-electron chi connectivity index (χ0n) is 14.1. The molecule has 0 unspecified atom stereocenters. The van der Waals surface area contributed by atoms with E-state index < -0.39 is 11.2 Å². The number of rotatable bonds is 4. The zero-order chi connectivity index (χ0) is 18.1. The second kappa shape index (κ2) is 6.27. The summed E-state index contributed by atoms with van der Waals surface area (Å²) in [5.74, 6) is 0.411. The molecule has 2 aromatic heterocycles. The molecular weight excluding hydrogens is 324 g/mol. The molecule has 0 fully saturated rings. The number of nitrogens with one attached hydrogen (secondary N) is 1. The Bertz CT molecular complexity index is 1090. The minimum Gasteiger partial charge on any atom is -0.507 e. The summed E-state index contributed by atoms with van der Waals surface area (Å²) in [6.07, 6.45) is 1.44. The number of imidazole rings is 1. The van der Waals surface area contributed by atoms with Crippen LogP contribution in [0.4, 0.5) is 5.95 Å². The molecule has 3 rings (SSSR count). The average molecular weight is 342 g/mol. The van der Waals surface area contributed by atoms with Crippen molar-refractivity contribution in [2.75, 3.05) is 5.43 Å². The van der Waals surface area contributed by atoms with Crippen LogP contribution < -0.4 is 16.7 Å². The Kier molecular flexibility index (Phi) is 4.14. The molecule has 0 saturated carbocycles. The van der Waals surface area contributed by atoms with Gasteiger partial charge in [-0.2, -0.15) is 10.1 Å². The van der Waals surface area contributed by atoms with Crippen molar-refractivity contribution in [3.63, 3.8) is 0 Å². The summed E-state index contributed by atoms with van der Waals surface area (Å²) >= 11 is 0. The maximum Gasteiger partial charge on any atom is 0.332 e. The first kappa shape index (κ1) is 16.5. The number of benzene rings is 1. The summed E-state index contributed by atoms with van der Waals surface area (Å²) in [6, 6.07) is 6.75. The molecule has 2 heterocycles. The highest BCUT2D eigenvalue weighted by atomic mass is 16.3. The van der Waals surface area contributed by atoms with Crippen molar-refractivity contribution in [1.82, 2.24) is 18.7 Å². The van der Waals surface area contributed by atoms with Crippen LogP contribution in [0.15, 0.2) is 39.0 Å². The fraction of sp³-hybridized carbons (Fsp3) is 0.250. The van der Waals surface area contributed by atoms with Crippen molar-refractivity contribution < 1.29 is 5.11 Å². The molecule has 9 heteroatoms. The van der Waals surface area contributed by atoms with Crippen molar-refractivity contribution in [1.29, 1.82) is 0 Å². The summed E-state index contributed by atoms with van der Waals surface area (Å²) in [5, 5.41) is 13.8. The summed E-state index contributed by atoms with van der Waals surface area (Å²) in [6.45, 7) is 2.02. The standard InChI is InChI=1S/C16H18N6O3/c1-4-22-14(24)12-13(21(3)16(22)25)18-15(20(12)2)19-17-9-10-7-5-6-8-11(10)23/h5-9,23H,4H2,1-3H3,(H,18,19). The lowest BCUT2D eigenvalue weighted by molar-refractivity contribution is 0.474. The van der Waals surface area contributed by atoms with E-state index in [1.807, 2.05) is 0 Å². The van der Waals surface area contributed by atoms with Crippen molar-refractivity contribution in [2.45, 2.75) is 13.5 Å². The molecule has 0 saturated heterocycles. The molecule has 0 spiro atoms. The highest BCUT2D eigenvalue weighted by Gasteiger charge is 2.17. The smallest absolute Gasteiger partial charge is 0.332 e. The van der Waals surface area contributed by atoms with E-state index in [0.717, 1.165) is 4.57 Å². The van der Waals surface area contributed by atoms with Gasteiger partial charge in [0.1, 0.15) is 5.75 Å². The second-order valence-corrected chi connectivity index (χ2v) is 5.49. The van der Waals surface area contributed by atoms with Crippen LogP contribution in [-0.4, -0.2) is 30.0 Å². The van der Waals surface area contributed by atoms with Crippen molar-refractivity contribution in [3.8, 4) is 5.75 Å². The van der Waals surface area contributed by atoms with Crippen LogP contribution in [0.3, 0.4) is 0 Å². The van der Waals surface area contributed by atoms with Gasteiger partial charge in [-0.25, -0.2) is 10.2 Å². The van der Waals surface area contributed by atoms with Crippen molar-refractivity contribution in [2.24, 2.45) is 19.2 Å². The Morgan fingerprint density at radius 1 is 1.24 bits per heavy atom. The first-order valence-corrected chi connectivity index (χ1v) is 7.69. The van der Waals surface area contributed by atoms with Gasteiger partial charge in [0.25, 0.3) is 5.56 Å². The molecular formula is C16H18N6O3. The summed E-state index contributed by atoms with van der Waals surface area (Å²) in [7, 11) is 3.23. The van der Waals surface area contributed by atoms with Crippen LogP contribution in [0.5, 0.6) is 5.75 Å². The van der Waals surface area contributed by atoms with Gasteiger partial charge in [-0.15, -0.1) is 0 Å². The fourth-order valence-corrected chi connectivity index (χ4v) is 2.58. The quantitative estimate of drug-likeness (QED) is 0.533. The molecule has 1 aromatic carbocycles. The summed E-state index contributed by atoms with van der Waals surface area (Å²) in [4.78, 5) is 29.0. The lowest BCUT2D eigenvalue weighted by atomic mass is 10.2. The number of phenolic OH excluding ortho intramolecular Hbond substituents is 1. The van der Waals surface area contributed by atoms with Gasteiger partial charge in [0.15, 0.2) is 11.2 Å². The number of anilines is 1. The normalized spacial score (nSPS) is 11.5. The largest absolute Gasteiger partial charge is 0.507 e. The van der Waals surface area contributed by atoms with Gasteiger partial charge in [0.2, 0.25) is 5.95 Å². The fourth-order valence-electron chi connectivity index (χ4n) is 2.58. The number of hydrogen-bond donors (Lipinski definition) is 2. The number of hydrazone groups is 1. The zero-order valence-corrected chi connectivity index (χ0v) is 14.1. The number of aromatic hydroxyl groups is 1. The molecule has 2 N–H and O–H groups in total. The number of nitrogens with zero attached hydrogens (tertiary/aromatic N) is 5. The van der Waals surface area contributed by atoms with Crippen LogP contribution in [-0.2, 0) is 20.6 Å². The van der Waals surface area contributed by atoms with Crippen LogP contribution in [0.2, 0.25) is 0 Å². The van der Waals surface area contributed by atoms with E-state index in [4.69, 9.17) is 0 Å². The molecule has 0 aliphatic carbocycles. The number of aryl methyl sites for hydroxylation is 2. The molecule has 3 aromatic rings. The van der Waals surface area contributed by atoms with Gasteiger partial charge in [0.05, 0.1) is 6.21 Å². The second-order valence-electron chi connectivity index (χ2n) is 5.49. The number of hydrogen-bond acceptors (Lipinski definition) is 6. The Balaban J connectivity index is 2.04. The third-order valence-corrected chi connectivity index (χ3v) is 3.98. The number of aromatic nitrogens is 4. The van der Waals surface area contributed by atoms with Gasteiger partial charge in [0, 0.05) is 26.2 Å². The molecule has 130 valence electrons. The Labute approximate surface area is 142 Å². The Hall–Kier alpha value is -3.36. The Morgan fingerprint density at radius 3 is 2.64 bits per heavy atom. The van der Waals surface area contributed by atoms with Crippen LogP contribution in [0.1, 0.15) is 12.5 Å². The van der Waals surface area contributed by atoms with Crippen LogP contribution >= 0.6 is 0 Å². The van der Waals surface area contributed by atoms with Gasteiger partial charge >= 0.3 is 5.69 Å². The van der Waals surface area contributed by atoms with Crippen LogP contribution in [0.25, 0.3) is 11.2 Å². The van der Waals surface area contributed by atoms with Gasteiger partial charge < -0.3 is 9.67 Å². The van der Waals surface area contributed by atoms with Gasteiger partial charge in [-0.1, -0.05) is 12.1 Å². The number of para-hydroxylation sites is 1. The molecule has 0 radical (unpaired) electrons. The Morgan fingerprint density at radius 2 is 1.96 bits per heavy atom. The first-order valence-electron chi connectivity index (χ1n) is 7.69. The van der Waals surface area contributed by atoms with E-state index in [-0.39, 0.29) is 17.9 Å². The van der Waals surface area contributed by atoms with Crippen molar-refractivity contribution in [3.05, 3.63) is 50.7 Å². The van der Waals surface area contributed by atoms with Crippen LogP contribution in [0, 0.1) is 0 Å². The predicted molar refractivity (Wildman–Crippen MR) is 95.2 cm³/mol. The van der Waals surface area contributed by atoms with Gasteiger partial charge in [-0.05, 0) is 19.1 Å². The highest BCUT2D eigenvalue weighted by molar-refractivity contribution is 5.83. The minimum absolute atomic E-state index is 0.103. The third kappa shape index (κ3) is 2.69. The SMILES string of the molecule is CCn1c(=O)c2c(nc(NN=Cc3ccccc3O)n2C)n(C)c1=O. The molecule has 0 aliphatic heterocycles. The van der Waals surface area contributed by atoms with E-state index in [9.17, 15) is 14.7 Å². The minimum atomic E-state index is -0.414. The molecule has 0 amide bonds. The molecule has 25 heavy (non-hydrogen) atoms. The topological polar surface area (TPSA) is 106 Å². The first-order chi connectivity index (χ1) is 12.0. The molecule has 9 nitrogen and oxygen atoms in total. The van der Waals surface area contributed by atoms with Crippen molar-refractivity contribution >= 4 is 23.3 Å². The summed E-state index contributed by atoms with van der Waals surface area (Å²) < 4.78 is 4.03. The molecule has 0 aliphatic rings. The number of fused-ring (bicyclic) bond motifs is 1. The predicted octanol–water partition coefficient (Wildman–Crippen LogP) is 0.605. The number of phenols is 1. The van der Waals surface area contributed by atoms with E-state index in [1.165, 1.54) is 10.8 Å². The lowest BCUT2D eigenvalue weighted by Gasteiger charge is -2.05. The lowest BCUT2D eigenvalue weighted by Crippen LogP contribution is -2.39. The molecule has 0 bridgehead atoms. The van der Waals surface area contributed by atoms with Gasteiger partial charge in [-0.3, -0.25) is 13.9 Å².